The summed E-state index contributed by atoms with van der Waals surface area (Å²) in [4.78, 5) is 12.0. The average Bonchev–Trinajstić information content (AvgIpc) is 2.55. The Morgan fingerprint density at radius 1 is 1.09 bits per heavy atom. The molecular weight excluding hydrogens is 294 g/mol. The first-order valence-corrected chi connectivity index (χ1v) is 8.58. The van der Waals surface area contributed by atoms with Gasteiger partial charge >= 0.3 is 0 Å². The van der Waals surface area contributed by atoms with E-state index < -0.39 is 0 Å². The molecule has 0 aliphatic carbocycles. The highest BCUT2D eigenvalue weighted by Crippen LogP contribution is 2.24. The van der Waals surface area contributed by atoms with E-state index in [1.165, 1.54) is 5.56 Å². The normalized spacial score (nSPS) is 10.2. The summed E-state index contributed by atoms with van der Waals surface area (Å²) in [5.74, 6) is 2.48. The van der Waals surface area contributed by atoms with Crippen LogP contribution in [0.3, 0.4) is 0 Å². The lowest BCUT2D eigenvalue weighted by molar-refractivity contribution is -0.115. The molecule has 1 N–H and O–H groups in total. The molecule has 0 atom stereocenters. The summed E-state index contributed by atoms with van der Waals surface area (Å²) in [6.45, 7) is 2.51. The van der Waals surface area contributed by atoms with Gasteiger partial charge in [-0.1, -0.05) is 42.5 Å². The Bertz CT molecular complexity index is 587. The van der Waals surface area contributed by atoms with Crippen LogP contribution in [0.5, 0.6) is 5.75 Å². The predicted molar refractivity (Wildman–Crippen MR) is 93.5 cm³/mol. The lowest BCUT2D eigenvalue weighted by Gasteiger charge is -2.11. The zero-order chi connectivity index (χ0) is 15.6. The molecule has 0 fully saturated rings. The summed E-state index contributed by atoms with van der Waals surface area (Å²) in [5.41, 5.74) is 2.03. The number of ether oxygens (including phenoxy) is 1. The molecule has 0 saturated heterocycles. The molecule has 2 aromatic carbocycles. The number of para-hydroxylation sites is 2. The van der Waals surface area contributed by atoms with Crippen molar-refractivity contribution < 1.29 is 9.53 Å². The van der Waals surface area contributed by atoms with Crippen LogP contribution in [0.4, 0.5) is 5.69 Å². The molecule has 22 heavy (non-hydrogen) atoms. The number of carbonyl (C=O) groups excluding carboxylic acids is 1. The molecule has 0 aliphatic heterocycles. The fraction of sp³-hybridized carbons (Fsp3) is 0.278. The van der Waals surface area contributed by atoms with Gasteiger partial charge in [-0.15, -0.1) is 0 Å². The van der Waals surface area contributed by atoms with Crippen molar-refractivity contribution in [2.24, 2.45) is 0 Å². The first kappa shape index (κ1) is 16.4. The second-order valence-corrected chi connectivity index (χ2v) is 5.87. The van der Waals surface area contributed by atoms with E-state index >= 15 is 0 Å². The molecule has 4 heteroatoms. The van der Waals surface area contributed by atoms with E-state index in [9.17, 15) is 4.79 Å². The minimum absolute atomic E-state index is 0.0210. The quantitative estimate of drug-likeness (QED) is 0.736. The number of nitrogens with one attached hydrogen (secondary N) is 1. The molecule has 116 valence electrons. The molecular formula is C18H21NO2S. The van der Waals surface area contributed by atoms with E-state index in [0.717, 1.165) is 22.9 Å². The highest BCUT2D eigenvalue weighted by molar-refractivity contribution is 7.98. The van der Waals surface area contributed by atoms with Gasteiger partial charge in [-0.3, -0.25) is 4.79 Å². The van der Waals surface area contributed by atoms with Crippen molar-refractivity contribution in [3.63, 3.8) is 0 Å². The van der Waals surface area contributed by atoms with E-state index in [1.807, 2.05) is 49.4 Å². The highest BCUT2D eigenvalue weighted by atomic mass is 32.2. The Balaban J connectivity index is 1.74. The van der Waals surface area contributed by atoms with Crippen LogP contribution in [0, 0.1) is 0 Å². The van der Waals surface area contributed by atoms with Gasteiger partial charge in [-0.2, -0.15) is 11.8 Å². The maximum atomic E-state index is 12.0. The van der Waals surface area contributed by atoms with E-state index in [2.05, 4.69) is 17.4 Å². The molecule has 3 nitrogen and oxygen atoms in total. The Kier molecular flexibility index (Phi) is 6.84. The molecule has 0 radical (unpaired) electrons. The third kappa shape index (κ3) is 5.45. The van der Waals surface area contributed by atoms with Gasteiger partial charge < -0.3 is 10.1 Å². The van der Waals surface area contributed by atoms with Gasteiger partial charge in [-0.25, -0.2) is 0 Å². The number of benzene rings is 2. The standard InChI is InChI=1S/C18H21NO2S/c1-2-21-17-11-7-6-10-16(17)19-18(20)12-13-22-14-15-8-4-3-5-9-15/h3-11H,2,12-14H2,1H3,(H,19,20). The molecule has 0 unspecified atom stereocenters. The SMILES string of the molecule is CCOc1ccccc1NC(=O)CCSCc1ccccc1. The van der Waals surface area contributed by atoms with Gasteiger partial charge in [-0.05, 0) is 24.6 Å². The fourth-order valence-corrected chi connectivity index (χ4v) is 2.90. The highest BCUT2D eigenvalue weighted by Gasteiger charge is 2.07. The van der Waals surface area contributed by atoms with E-state index in [0.29, 0.717) is 13.0 Å². The van der Waals surface area contributed by atoms with Crippen molar-refractivity contribution in [2.45, 2.75) is 19.1 Å². The van der Waals surface area contributed by atoms with Crippen molar-refractivity contribution in [3.05, 3.63) is 60.2 Å². The summed E-state index contributed by atoms with van der Waals surface area (Å²) in [5, 5.41) is 2.92. The van der Waals surface area contributed by atoms with Crippen LogP contribution in [-0.4, -0.2) is 18.3 Å². The Labute approximate surface area is 136 Å². The zero-order valence-corrected chi connectivity index (χ0v) is 13.6. The van der Waals surface area contributed by atoms with Crippen molar-refractivity contribution in [3.8, 4) is 5.75 Å². The number of anilines is 1. The molecule has 1 amide bonds. The number of thioether (sulfide) groups is 1. The molecule has 0 saturated carbocycles. The Morgan fingerprint density at radius 2 is 1.82 bits per heavy atom. The molecule has 2 rings (SSSR count). The number of hydrogen-bond acceptors (Lipinski definition) is 3. The van der Waals surface area contributed by atoms with Gasteiger partial charge in [0.15, 0.2) is 0 Å². The molecule has 0 spiro atoms. The monoisotopic (exact) mass is 315 g/mol. The smallest absolute Gasteiger partial charge is 0.225 e. The van der Waals surface area contributed by atoms with Gasteiger partial charge in [0.1, 0.15) is 5.75 Å². The lowest BCUT2D eigenvalue weighted by atomic mass is 10.2. The second-order valence-electron chi connectivity index (χ2n) is 4.77. The van der Waals surface area contributed by atoms with Gasteiger partial charge in [0.2, 0.25) is 5.91 Å². The van der Waals surface area contributed by atoms with Crippen molar-refractivity contribution >= 4 is 23.4 Å². The Morgan fingerprint density at radius 3 is 2.59 bits per heavy atom. The molecule has 0 aliphatic rings. The van der Waals surface area contributed by atoms with Crippen LogP contribution in [0.2, 0.25) is 0 Å². The van der Waals surface area contributed by atoms with Gasteiger partial charge in [0.25, 0.3) is 0 Å². The molecule has 0 heterocycles. The Hall–Kier alpha value is -1.94. The first-order chi connectivity index (χ1) is 10.8. The number of amides is 1. The zero-order valence-electron chi connectivity index (χ0n) is 12.7. The third-order valence-electron chi connectivity index (χ3n) is 3.05. The molecule has 2 aromatic rings. The summed E-state index contributed by atoms with van der Waals surface area (Å²) >= 11 is 1.77. The van der Waals surface area contributed by atoms with E-state index in [1.54, 1.807) is 11.8 Å². The maximum Gasteiger partial charge on any atom is 0.225 e. The van der Waals surface area contributed by atoms with Crippen LogP contribution in [0.25, 0.3) is 0 Å². The molecule has 0 bridgehead atoms. The minimum Gasteiger partial charge on any atom is -0.492 e. The first-order valence-electron chi connectivity index (χ1n) is 7.43. The van der Waals surface area contributed by atoms with Gasteiger partial charge in [0.05, 0.1) is 12.3 Å². The van der Waals surface area contributed by atoms with Crippen molar-refractivity contribution in [2.75, 3.05) is 17.7 Å². The van der Waals surface area contributed by atoms with Crippen molar-refractivity contribution in [1.29, 1.82) is 0 Å². The molecule has 0 aromatic heterocycles. The topological polar surface area (TPSA) is 38.3 Å². The van der Waals surface area contributed by atoms with Crippen molar-refractivity contribution in [1.82, 2.24) is 0 Å². The van der Waals surface area contributed by atoms with Crippen LogP contribution in [0.15, 0.2) is 54.6 Å². The van der Waals surface area contributed by atoms with Crippen LogP contribution < -0.4 is 10.1 Å². The number of hydrogen-bond donors (Lipinski definition) is 1. The second kappa shape index (κ2) is 9.15. The predicted octanol–water partition coefficient (Wildman–Crippen LogP) is 4.35. The number of rotatable bonds is 8. The maximum absolute atomic E-state index is 12.0. The largest absolute Gasteiger partial charge is 0.492 e. The van der Waals surface area contributed by atoms with Crippen LogP contribution in [0.1, 0.15) is 18.9 Å². The van der Waals surface area contributed by atoms with Crippen LogP contribution in [-0.2, 0) is 10.5 Å². The van der Waals surface area contributed by atoms with Gasteiger partial charge in [0, 0.05) is 17.9 Å². The third-order valence-corrected chi connectivity index (χ3v) is 4.08. The summed E-state index contributed by atoms with van der Waals surface area (Å²) in [6.07, 6.45) is 0.498. The minimum atomic E-state index is 0.0210. The summed E-state index contributed by atoms with van der Waals surface area (Å²) in [6, 6.07) is 17.8. The average molecular weight is 315 g/mol. The number of carbonyl (C=O) groups is 1. The van der Waals surface area contributed by atoms with E-state index in [4.69, 9.17) is 4.74 Å². The van der Waals surface area contributed by atoms with E-state index in [-0.39, 0.29) is 5.91 Å². The summed E-state index contributed by atoms with van der Waals surface area (Å²) < 4.78 is 5.50. The fourth-order valence-electron chi connectivity index (χ4n) is 1.99. The van der Waals surface area contributed by atoms with Crippen LogP contribution >= 0.6 is 11.8 Å². The summed E-state index contributed by atoms with van der Waals surface area (Å²) in [7, 11) is 0. The lowest BCUT2D eigenvalue weighted by Crippen LogP contribution is -2.13.